The summed E-state index contributed by atoms with van der Waals surface area (Å²) in [5, 5.41) is 9.63. The molecule has 0 radical (unpaired) electrons. The van der Waals surface area contributed by atoms with Crippen LogP contribution in [0.5, 0.6) is 0 Å². The fourth-order valence-electron chi connectivity index (χ4n) is 13.7. The number of para-hydroxylation sites is 2. The summed E-state index contributed by atoms with van der Waals surface area (Å²) in [6.45, 7) is 21.2. The molecule has 1 heterocycles. The van der Waals surface area contributed by atoms with Gasteiger partial charge in [-0.1, -0.05) is 66.2 Å². The summed E-state index contributed by atoms with van der Waals surface area (Å²) in [5.41, 5.74) is 9.79. The first kappa shape index (κ1) is 38.3. The number of carbonyl (C=O) groups excluding carboxylic acids is 2. The number of imidazole rings is 1. The van der Waals surface area contributed by atoms with E-state index < -0.39 is 17.4 Å². The average Bonchev–Trinajstić information content (AvgIpc) is 3.59. The molecular weight excluding hydrogens is 663 g/mol. The number of hydrogen-bond donors (Lipinski definition) is 2. The molecule has 0 spiro atoms. The smallest absolute Gasteiger partial charge is 0.309 e. The number of carbonyl (C=O) groups is 3. The molecule has 8 nitrogen and oxygen atoms in total. The number of fused-ring (bicyclic) bond motifs is 8. The number of nitrogens with two attached hydrogens (primary N) is 1. The number of carboxylic acids is 1. The summed E-state index contributed by atoms with van der Waals surface area (Å²) in [7, 11) is 0. The molecule has 7 rings (SSSR count). The summed E-state index contributed by atoms with van der Waals surface area (Å²) in [4.78, 5) is 43.9. The molecule has 4 fully saturated rings. The van der Waals surface area contributed by atoms with Gasteiger partial charge in [0.05, 0.1) is 29.4 Å². The van der Waals surface area contributed by atoms with Gasteiger partial charge in [0.1, 0.15) is 11.9 Å². The normalized spacial score (nSPS) is 36.5. The maximum absolute atomic E-state index is 14.2. The molecule has 290 valence electrons. The summed E-state index contributed by atoms with van der Waals surface area (Å²) in [6, 6.07) is 8.31. The number of allylic oxidation sites excluding steroid dienone is 2. The molecule has 0 aliphatic heterocycles. The number of rotatable bonds is 9. The maximum atomic E-state index is 14.2. The van der Waals surface area contributed by atoms with Gasteiger partial charge in [-0.2, -0.15) is 0 Å². The Bertz CT molecular complexity index is 1850. The molecule has 53 heavy (non-hydrogen) atoms. The zero-order chi connectivity index (χ0) is 38.5. The largest absolute Gasteiger partial charge is 0.481 e. The minimum Gasteiger partial charge on any atom is -0.481 e. The van der Waals surface area contributed by atoms with Crippen molar-refractivity contribution in [3.05, 3.63) is 41.2 Å². The van der Waals surface area contributed by atoms with Crippen molar-refractivity contribution in [1.29, 1.82) is 0 Å². The molecule has 0 saturated heterocycles. The molecule has 8 heteroatoms. The number of esters is 1. The van der Waals surface area contributed by atoms with Gasteiger partial charge < -0.3 is 20.1 Å². The van der Waals surface area contributed by atoms with Gasteiger partial charge in [0.15, 0.2) is 5.78 Å². The van der Waals surface area contributed by atoms with Gasteiger partial charge in [-0.15, -0.1) is 0 Å². The van der Waals surface area contributed by atoms with Gasteiger partial charge in [-0.3, -0.25) is 14.4 Å². The predicted molar refractivity (Wildman–Crippen MR) is 208 cm³/mol. The fraction of sp³-hybridized carbons (Fsp3) is 0.733. The van der Waals surface area contributed by atoms with Crippen molar-refractivity contribution in [2.24, 2.45) is 61.9 Å². The monoisotopic (exact) mass is 727 g/mol. The molecule has 4 saturated carbocycles. The van der Waals surface area contributed by atoms with Gasteiger partial charge in [-0.05, 0) is 129 Å². The van der Waals surface area contributed by atoms with Gasteiger partial charge in [0.2, 0.25) is 0 Å². The SMILES string of the molecule is CC(C)C1=C2[C@H]3CCC4[C@@]5(C)CC[C@H](OC(=O)CC(C)(C)C(=O)O)C(C)(C)C5CC[C@@]4(C)[C@]3(C)CC[C@@]2(CCn2c(CN)nc3ccccc32)CC1=O. The fourth-order valence-corrected chi connectivity index (χ4v) is 13.7. The second-order valence-electron chi connectivity index (χ2n) is 20.3. The highest BCUT2D eigenvalue weighted by Crippen LogP contribution is 2.77. The first-order valence-corrected chi connectivity index (χ1v) is 20.6. The van der Waals surface area contributed by atoms with Crippen molar-refractivity contribution in [3.63, 3.8) is 0 Å². The van der Waals surface area contributed by atoms with Crippen molar-refractivity contribution in [1.82, 2.24) is 9.55 Å². The average molecular weight is 728 g/mol. The van der Waals surface area contributed by atoms with Crippen LogP contribution in [0.25, 0.3) is 11.0 Å². The third kappa shape index (κ3) is 5.60. The minimum absolute atomic E-state index is 0.0769. The van der Waals surface area contributed by atoms with Crippen LogP contribution in [-0.4, -0.2) is 38.5 Å². The van der Waals surface area contributed by atoms with Gasteiger partial charge >= 0.3 is 11.9 Å². The van der Waals surface area contributed by atoms with E-state index in [0.717, 1.165) is 86.8 Å². The van der Waals surface area contributed by atoms with E-state index >= 15 is 0 Å². The second kappa shape index (κ2) is 12.8. The summed E-state index contributed by atoms with van der Waals surface area (Å²) < 4.78 is 8.51. The zero-order valence-corrected chi connectivity index (χ0v) is 33.9. The van der Waals surface area contributed by atoms with Crippen LogP contribution >= 0.6 is 0 Å². The Morgan fingerprint density at radius 1 is 0.981 bits per heavy atom. The lowest BCUT2D eigenvalue weighted by Crippen LogP contribution is -2.65. The van der Waals surface area contributed by atoms with E-state index in [9.17, 15) is 19.5 Å². The number of aliphatic carboxylic acids is 1. The van der Waals surface area contributed by atoms with Crippen molar-refractivity contribution < 1.29 is 24.2 Å². The Labute approximate surface area is 317 Å². The molecule has 0 amide bonds. The van der Waals surface area contributed by atoms with E-state index in [1.54, 1.807) is 13.8 Å². The molecule has 1 aromatic heterocycles. The van der Waals surface area contributed by atoms with Crippen LogP contribution < -0.4 is 5.73 Å². The van der Waals surface area contributed by atoms with Crippen LogP contribution in [0, 0.1) is 56.2 Å². The number of nitrogens with zero attached hydrogens (tertiary/aromatic N) is 2. The molecule has 5 aliphatic carbocycles. The number of aryl methyl sites for hydroxylation is 1. The van der Waals surface area contributed by atoms with Crippen molar-refractivity contribution in [2.45, 2.75) is 152 Å². The Kier molecular flexibility index (Phi) is 9.23. The lowest BCUT2D eigenvalue weighted by molar-refractivity contribution is -0.233. The molecular formula is C45H65N3O5. The van der Waals surface area contributed by atoms with Crippen LogP contribution in [0.3, 0.4) is 0 Å². The highest BCUT2D eigenvalue weighted by Gasteiger charge is 2.70. The molecule has 5 aliphatic rings. The number of aromatic nitrogens is 2. The number of hydrogen-bond acceptors (Lipinski definition) is 6. The molecule has 3 N–H and O–H groups in total. The molecule has 8 atom stereocenters. The zero-order valence-electron chi connectivity index (χ0n) is 33.9. The Hall–Kier alpha value is -3.00. The third-order valence-electron chi connectivity index (χ3n) is 16.7. The van der Waals surface area contributed by atoms with Crippen LogP contribution in [0.4, 0.5) is 0 Å². The highest BCUT2D eigenvalue weighted by atomic mass is 16.5. The number of carboxylic acid groups (broad SMARTS) is 1. The third-order valence-corrected chi connectivity index (χ3v) is 16.7. The number of ketones is 1. The maximum Gasteiger partial charge on any atom is 0.309 e. The van der Waals surface area contributed by atoms with Crippen LogP contribution in [-0.2, 0) is 32.2 Å². The Balaban J connectivity index is 1.18. The lowest BCUT2D eigenvalue weighted by Gasteiger charge is -2.72. The van der Waals surface area contributed by atoms with E-state index in [1.165, 1.54) is 5.57 Å². The van der Waals surface area contributed by atoms with E-state index in [1.807, 2.05) is 6.07 Å². The minimum atomic E-state index is -1.15. The van der Waals surface area contributed by atoms with Crippen LogP contribution in [0.15, 0.2) is 35.4 Å². The Morgan fingerprint density at radius 3 is 2.38 bits per heavy atom. The van der Waals surface area contributed by atoms with Gasteiger partial charge in [0, 0.05) is 23.8 Å². The second-order valence-corrected chi connectivity index (χ2v) is 20.3. The first-order valence-electron chi connectivity index (χ1n) is 20.6. The van der Waals surface area contributed by atoms with E-state index in [-0.39, 0.29) is 45.5 Å². The van der Waals surface area contributed by atoms with E-state index in [4.69, 9.17) is 15.5 Å². The number of benzene rings is 1. The highest BCUT2D eigenvalue weighted by molar-refractivity contribution is 6.00. The molecule has 2 unspecified atom stereocenters. The van der Waals surface area contributed by atoms with E-state index in [2.05, 4.69) is 71.2 Å². The molecule has 0 bridgehead atoms. The van der Waals surface area contributed by atoms with Crippen molar-refractivity contribution in [3.8, 4) is 0 Å². The molecule has 2 aromatic rings. The quantitative estimate of drug-likeness (QED) is 0.247. The Morgan fingerprint density at radius 2 is 1.70 bits per heavy atom. The van der Waals surface area contributed by atoms with Gasteiger partial charge in [0.25, 0.3) is 0 Å². The predicted octanol–water partition coefficient (Wildman–Crippen LogP) is 9.28. The van der Waals surface area contributed by atoms with Gasteiger partial charge in [-0.25, -0.2) is 4.98 Å². The number of Topliss-reactive ketones (excluding diaryl/α,β-unsaturated/α-hetero) is 1. The lowest BCUT2D eigenvalue weighted by atomic mass is 9.33. The van der Waals surface area contributed by atoms with Crippen LogP contribution in [0.1, 0.15) is 139 Å². The van der Waals surface area contributed by atoms with Crippen molar-refractivity contribution >= 4 is 28.8 Å². The topological polar surface area (TPSA) is 125 Å². The first-order chi connectivity index (χ1) is 24.8. The summed E-state index contributed by atoms with van der Waals surface area (Å²) in [5.74, 6) is 1.43. The number of ether oxygens (including phenoxy) is 1. The standard InChI is InChI=1S/C45H65N3O5/c1-27(2)37-31(49)24-45(22-23-48-30-13-11-10-12-29(30)47-35(48)26-46)21-20-43(8)28(38(37)45)14-15-33-42(7)18-17-34(53-36(50)25-40(3,4)39(51)52)41(5,6)32(42)16-19-44(33,43)9/h10-13,27-28,32-34H,14-26,46H2,1-9H3,(H,51,52)/t28-,32?,33?,34+,42+,43-,44-,45-/m1/s1. The van der Waals surface area contributed by atoms with Crippen molar-refractivity contribution in [2.75, 3.05) is 0 Å². The molecule has 1 aromatic carbocycles. The van der Waals surface area contributed by atoms with E-state index in [0.29, 0.717) is 36.5 Å². The summed E-state index contributed by atoms with van der Waals surface area (Å²) in [6.07, 6.45) is 9.69. The van der Waals surface area contributed by atoms with Crippen LogP contribution in [0.2, 0.25) is 0 Å². The summed E-state index contributed by atoms with van der Waals surface area (Å²) >= 11 is 0.